The van der Waals surface area contributed by atoms with Crippen LogP contribution in [0, 0.1) is 0 Å². The highest BCUT2D eigenvalue weighted by molar-refractivity contribution is 7.99. The van der Waals surface area contributed by atoms with E-state index in [0.717, 1.165) is 16.8 Å². The van der Waals surface area contributed by atoms with Gasteiger partial charge in [0.25, 0.3) is 0 Å². The van der Waals surface area contributed by atoms with Crippen molar-refractivity contribution in [2.75, 3.05) is 17.8 Å². The third-order valence-corrected chi connectivity index (χ3v) is 5.04. The number of aromatic nitrogens is 3. The number of nitrogens with one attached hydrogen (secondary N) is 1. The normalized spacial score (nSPS) is 12.3. The van der Waals surface area contributed by atoms with Crippen molar-refractivity contribution in [1.29, 1.82) is 0 Å². The van der Waals surface area contributed by atoms with Crippen LogP contribution in [-0.4, -0.2) is 32.6 Å². The molecule has 0 radical (unpaired) electrons. The first-order chi connectivity index (χ1) is 12.0. The van der Waals surface area contributed by atoms with Crippen molar-refractivity contribution < 1.29 is 5.11 Å². The van der Waals surface area contributed by atoms with Crippen molar-refractivity contribution in [2.24, 2.45) is 0 Å². The van der Waals surface area contributed by atoms with E-state index in [-0.39, 0.29) is 10.8 Å². The highest BCUT2D eigenvalue weighted by Crippen LogP contribution is 2.41. The van der Waals surface area contributed by atoms with Gasteiger partial charge in [-0.25, -0.2) is 0 Å². The van der Waals surface area contributed by atoms with Crippen molar-refractivity contribution in [3.8, 4) is 5.75 Å². The molecule has 1 aromatic heterocycles. The lowest BCUT2D eigenvalue weighted by atomic mass is 9.79. The molecule has 0 aliphatic rings. The zero-order chi connectivity index (χ0) is 19.7. The quantitative estimate of drug-likeness (QED) is 0.536. The van der Waals surface area contributed by atoms with Crippen LogP contribution in [-0.2, 0) is 10.8 Å². The third-order valence-electron chi connectivity index (χ3n) is 3.94. The predicted molar refractivity (Wildman–Crippen MR) is 112 cm³/mol. The summed E-state index contributed by atoms with van der Waals surface area (Å²) in [6, 6.07) is 3.96. The van der Waals surface area contributed by atoms with Gasteiger partial charge in [-0.1, -0.05) is 65.1 Å². The molecule has 0 fully saturated rings. The molecule has 5 nitrogen and oxygen atoms in total. The van der Waals surface area contributed by atoms with E-state index in [1.807, 2.05) is 24.6 Å². The largest absolute Gasteiger partial charge is 0.507 e. The molecule has 0 saturated carbocycles. The number of benzene rings is 1. The van der Waals surface area contributed by atoms with Gasteiger partial charge < -0.3 is 10.4 Å². The molecule has 0 spiro atoms. The lowest BCUT2D eigenvalue weighted by Gasteiger charge is -2.28. The van der Waals surface area contributed by atoms with Crippen LogP contribution in [0.3, 0.4) is 0 Å². The average Bonchev–Trinajstić information content (AvgIpc) is 2.53. The molecule has 0 atom stereocenters. The van der Waals surface area contributed by atoms with E-state index in [2.05, 4.69) is 61.8 Å². The van der Waals surface area contributed by atoms with Gasteiger partial charge in [0.1, 0.15) is 5.75 Å². The first-order valence-corrected chi connectivity index (χ1v) is 10.9. The summed E-state index contributed by atoms with van der Waals surface area (Å²) in [7, 11) is 0. The fourth-order valence-corrected chi connectivity index (χ4v) is 3.32. The Morgan fingerprint density at radius 2 is 1.23 bits per heavy atom. The fraction of sp³-hybridized carbons (Fsp3) is 0.526. The number of phenols is 1. The molecule has 0 saturated heterocycles. The number of hydrogen-bond donors (Lipinski definition) is 2. The van der Waals surface area contributed by atoms with Gasteiger partial charge in [-0.3, -0.25) is 0 Å². The number of anilines is 2. The van der Waals surface area contributed by atoms with E-state index in [1.165, 1.54) is 23.5 Å². The van der Waals surface area contributed by atoms with Crippen LogP contribution >= 0.6 is 23.5 Å². The summed E-state index contributed by atoms with van der Waals surface area (Å²) in [5.74, 6) is 0.875. The van der Waals surface area contributed by atoms with Gasteiger partial charge in [0.2, 0.25) is 5.95 Å². The number of rotatable bonds is 4. The van der Waals surface area contributed by atoms with Crippen molar-refractivity contribution in [2.45, 2.75) is 62.7 Å². The summed E-state index contributed by atoms with van der Waals surface area (Å²) in [6.45, 7) is 12.6. The van der Waals surface area contributed by atoms with Gasteiger partial charge in [-0.15, -0.1) is 0 Å². The van der Waals surface area contributed by atoms with Crippen LogP contribution in [0.1, 0.15) is 52.7 Å². The zero-order valence-corrected chi connectivity index (χ0v) is 18.4. The molecule has 2 N–H and O–H groups in total. The molecule has 0 aliphatic carbocycles. The zero-order valence-electron chi connectivity index (χ0n) is 16.8. The molecular formula is C19H28N4OS2. The maximum absolute atomic E-state index is 10.8. The van der Waals surface area contributed by atoms with Crippen LogP contribution in [0.4, 0.5) is 11.6 Å². The first-order valence-electron chi connectivity index (χ1n) is 8.44. The summed E-state index contributed by atoms with van der Waals surface area (Å²) in [5, 5.41) is 15.5. The Morgan fingerprint density at radius 1 is 0.808 bits per heavy atom. The van der Waals surface area contributed by atoms with Gasteiger partial charge in [0, 0.05) is 16.8 Å². The van der Waals surface area contributed by atoms with Crippen LogP contribution < -0.4 is 5.32 Å². The van der Waals surface area contributed by atoms with Crippen LogP contribution in [0.2, 0.25) is 0 Å². The molecule has 26 heavy (non-hydrogen) atoms. The minimum Gasteiger partial charge on any atom is -0.507 e. The Bertz CT molecular complexity index is 738. The molecule has 2 rings (SSSR count). The van der Waals surface area contributed by atoms with Crippen molar-refractivity contribution in [3.05, 3.63) is 23.3 Å². The summed E-state index contributed by atoms with van der Waals surface area (Å²) in [6.07, 6.45) is 3.89. The molecule has 2 aromatic rings. The third kappa shape index (κ3) is 4.82. The Morgan fingerprint density at radius 3 is 1.58 bits per heavy atom. The second kappa shape index (κ2) is 7.64. The summed E-state index contributed by atoms with van der Waals surface area (Å²) in [4.78, 5) is 13.3. The van der Waals surface area contributed by atoms with E-state index in [4.69, 9.17) is 0 Å². The molecule has 1 aromatic carbocycles. The number of nitrogens with zero attached hydrogens (tertiary/aromatic N) is 3. The highest BCUT2D eigenvalue weighted by atomic mass is 32.2. The summed E-state index contributed by atoms with van der Waals surface area (Å²) in [5.41, 5.74) is 2.29. The smallest absolute Gasteiger partial charge is 0.232 e. The molecule has 7 heteroatoms. The number of phenolic OH excluding ortho intramolecular Hbond substituents is 1. The van der Waals surface area contributed by atoms with Gasteiger partial charge in [-0.05, 0) is 35.5 Å². The minimum atomic E-state index is -0.185. The molecule has 142 valence electrons. The summed E-state index contributed by atoms with van der Waals surface area (Å²) >= 11 is 2.97. The van der Waals surface area contributed by atoms with Crippen LogP contribution in [0.15, 0.2) is 22.4 Å². The molecule has 0 unspecified atom stereocenters. The Labute approximate surface area is 164 Å². The predicted octanol–water partition coefficient (Wildman–Crippen LogP) is 5.36. The van der Waals surface area contributed by atoms with E-state index >= 15 is 0 Å². The molecule has 0 aliphatic heterocycles. The number of aromatic hydroxyl groups is 1. The molecule has 1 heterocycles. The Hall–Kier alpha value is -1.47. The Kier molecular flexibility index (Phi) is 6.13. The monoisotopic (exact) mass is 392 g/mol. The summed E-state index contributed by atoms with van der Waals surface area (Å²) < 4.78 is 0. The van der Waals surface area contributed by atoms with Gasteiger partial charge in [0.05, 0.1) is 0 Å². The molecular weight excluding hydrogens is 364 g/mol. The SMILES string of the molecule is CSc1nc(Nc2cc(C(C)(C)C)c(O)c(C(C)(C)C)c2)nc(SC)n1. The lowest BCUT2D eigenvalue weighted by Crippen LogP contribution is -2.17. The highest BCUT2D eigenvalue weighted by Gasteiger charge is 2.26. The van der Waals surface area contributed by atoms with E-state index in [0.29, 0.717) is 22.0 Å². The second-order valence-corrected chi connectivity index (χ2v) is 9.72. The van der Waals surface area contributed by atoms with Gasteiger partial charge >= 0.3 is 0 Å². The van der Waals surface area contributed by atoms with E-state index in [1.54, 1.807) is 0 Å². The number of hydrogen-bond acceptors (Lipinski definition) is 7. The first kappa shape index (κ1) is 20.8. The lowest BCUT2D eigenvalue weighted by molar-refractivity contribution is 0.423. The second-order valence-electron chi connectivity index (χ2n) is 8.18. The molecule has 0 bridgehead atoms. The van der Waals surface area contributed by atoms with Gasteiger partial charge in [-0.2, -0.15) is 15.0 Å². The number of thioether (sulfide) groups is 2. The van der Waals surface area contributed by atoms with E-state index < -0.39 is 0 Å². The van der Waals surface area contributed by atoms with Crippen LogP contribution in [0.5, 0.6) is 5.75 Å². The van der Waals surface area contributed by atoms with Crippen LogP contribution in [0.25, 0.3) is 0 Å². The van der Waals surface area contributed by atoms with E-state index in [9.17, 15) is 5.11 Å². The standard InChI is InChI=1S/C19H28N4OS2/c1-18(2,3)12-9-11(10-13(14(12)24)19(4,5)6)20-15-21-16(25-7)23-17(22-15)26-8/h9-10,24H,1-8H3,(H,20,21,22,23). The van der Waals surface area contributed by atoms with Gasteiger partial charge in [0.15, 0.2) is 10.3 Å². The van der Waals surface area contributed by atoms with Crippen molar-refractivity contribution >= 4 is 35.2 Å². The topological polar surface area (TPSA) is 70.9 Å². The Balaban J connectivity index is 2.57. The average molecular weight is 393 g/mol. The maximum atomic E-state index is 10.8. The van der Waals surface area contributed by atoms with Crippen molar-refractivity contribution in [1.82, 2.24) is 15.0 Å². The maximum Gasteiger partial charge on any atom is 0.232 e. The fourth-order valence-electron chi connectivity index (χ4n) is 2.56. The van der Waals surface area contributed by atoms with Crippen molar-refractivity contribution in [3.63, 3.8) is 0 Å². The minimum absolute atomic E-state index is 0.185. The molecule has 0 amide bonds.